The van der Waals surface area contributed by atoms with Gasteiger partial charge >= 0.3 is 0 Å². The third-order valence-corrected chi connectivity index (χ3v) is 4.36. The van der Waals surface area contributed by atoms with Crippen LogP contribution in [-0.2, 0) is 0 Å². The van der Waals surface area contributed by atoms with Crippen LogP contribution in [-0.4, -0.2) is 37.0 Å². The van der Waals surface area contributed by atoms with Gasteiger partial charge in [0.2, 0.25) is 0 Å². The predicted molar refractivity (Wildman–Crippen MR) is 110 cm³/mol. The van der Waals surface area contributed by atoms with Gasteiger partial charge in [0.1, 0.15) is 11.5 Å². The van der Waals surface area contributed by atoms with E-state index in [1.54, 1.807) is 49.5 Å². The van der Waals surface area contributed by atoms with Crippen LogP contribution in [0.5, 0.6) is 0 Å². The van der Waals surface area contributed by atoms with Crippen LogP contribution in [0.4, 0.5) is 15.8 Å². The van der Waals surface area contributed by atoms with Crippen molar-refractivity contribution in [1.82, 2.24) is 25.2 Å². The van der Waals surface area contributed by atoms with Crippen molar-refractivity contribution in [2.75, 3.05) is 10.6 Å². The van der Waals surface area contributed by atoms with E-state index in [2.05, 4.69) is 31.1 Å². The summed E-state index contributed by atoms with van der Waals surface area (Å²) in [5.41, 5.74) is 1.63. The fourth-order valence-electron chi connectivity index (χ4n) is 2.85. The van der Waals surface area contributed by atoms with Crippen LogP contribution >= 0.6 is 0 Å². The largest absolute Gasteiger partial charge is 0.322 e. The molecule has 2 aromatic heterocycles. The number of anilines is 2. The van der Waals surface area contributed by atoms with Crippen molar-refractivity contribution in [3.05, 3.63) is 89.8 Å². The van der Waals surface area contributed by atoms with Crippen LogP contribution in [0.1, 0.15) is 26.5 Å². The summed E-state index contributed by atoms with van der Waals surface area (Å²) in [6.45, 7) is 1.63. The van der Waals surface area contributed by atoms with E-state index < -0.39 is 11.7 Å². The van der Waals surface area contributed by atoms with Crippen LogP contribution in [0, 0.1) is 12.7 Å². The molecule has 0 bridgehead atoms. The molecule has 0 saturated heterocycles. The number of carbonyl (C=O) groups excluding carboxylic acids is 2. The molecular weight excluding hydrogens is 401 g/mol. The molecule has 0 fully saturated rings. The van der Waals surface area contributed by atoms with Gasteiger partial charge in [0.15, 0.2) is 5.82 Å². The Morgan fingerprint density at radius 2 is 1.68 bits per heavy atom. The van der Waals surface area contributed by atoms with E-state index in [9.17, 15) is 14.0 Å². The molecule has 9 nitrogen and oxygen atoms in total. The van der Waals surface area contributed by atoms with Gasteiger partial charge < -0.3 is 10.6 Å². The van der Waals surface area contributed by atoms with Crippen molar-refractivity contribution in [3.8, 4) is 5.69 Å². The standard InChI is InChI=1S/C21H16FN7O2/c1-13-26-27-28-29(13)19-11-17(7-8-18(19)22)25-20(30)14-4-2-6-16(10-14)24-21(31)15-5-3-9-23-12-15/h2-12H,1H3,(H,24,31)(H,25,30). The first-order chi connectivity index (χ1) is 15.0. The average Bonchev–Trinajstić information content (AvgIpc) is 3.21. The zero-order valence-electron chi connectivity index (χ0n) is 16.3. The lowest BCUT2D eigenvalue weighted by molar-refractivity contribution is 0.101. The summed E-state index contributed by atoms with van der Waals surface area (Å²) in [5.74, 6) is -0.901. The van der Waals surface area contributed by atoms with Crippen molar-refractivity contribution in [2.45, 2.75) is 6.92 Å². The Morgan fingerprint density at radius 3 is 2.39 bits per heavy atom. The van der Waals surface area contributed by atoms with Gasteiger partial charge in [0.05, 0.1) is 5.56 Å². The maximum Gasteiger partial charge on any atom is 0.257 e. The molecular formula is C21H16FN7O2. The summed E-state index contributed by atoms with van der Waals surface area (Å²) in [5, 5.41) is 16.4. The second kappa shape index (κ2) is 8.49. The van der Waals surface area contributed by atoms with Gasteiger partial charge in [-0.3, -0.25) is 14.6 Å². The van der Waals surface area contributed by atoms with E-state index in [0.29, 0.717) is 28.3 Å². The normalized spacial score (nSPS) is 10.5. The number of pyridine rings is 1. The first-order valence-corrected chi connectivity index (χ1v) is 9.19. The Bertz CT molecular complexity index is 1260. The average molecular weight is 417 g/mol. The maximum absolute atomic E-state index is 14.2. The number of carbonyl (C=O) groups is 2. The number of benzene rings is 2. The predicted octanol–water partition coefficient (Wildman–Crippen LogP) is 3.01. The molecule has 0 saturated carbocycles. The molecule has 0 spiro atoms. The number of amides is 2. The van der Waals surface area contributed by atoms with Crippen LogP contribution in [0.15, 0.2) is 67.0 Å². The van der Waals surface area contributed by atoms with Crippen LogP contribution < -0.4 is 10.6 Å². The fourth-order valence-corrected chi connectivity index (χ4v) is 2.85. The third kappa shape index (κ3) is 4.42. The summed E-state index contributed by atoms with van der Waals surface area (Å²) in [6.07, 6.45) is 3.02. The molecule has 0 aliphatic carbocycles. The van der Waals surface area contributed by atoms with Gasteiger partial charge in [-0.25, -0.2) is 4.39 Å². The van der Waals surface area contributed by atoms with Crippen molar-refractivity contribution in [1.29, 1.82) is 0 Å². The number of nitrogens with zero attached hydrogens (tertiary/aromatic N) is 5. The van der Waals surface area contributed by atoms with E-state index in [1.165, 1.54) is 29.1 Å². The summed E-state index contributed by atoms with van der Waals surface area (Å²) in [6, 6.07) is 13.8. The summed E-state index contributed by atoms with van der Waals surface area (Å²) >= 11 is 0. The first-order valence-electron chi connectivity index (χ1n) is 9.19. The molecule has 0 aliphatic heterocycles. The van der Waals surface area contributed by atoms with Gasteiger partial charge in [0, 0.05) is 29.3 Å². The van der Waals surface area contributed by atoms with Crippen LogP contribution in [0.3, 0.4) is 0 Å². The van der Waals surface area contributed by atoms with Crippen molar-refractivity contribution < 1.29 is 14.0 Å². The number of aryl methyl sites for hydroxylation is 1. The molecule has 0 aliphatic rings. The van der Waals surface area contributed by atoms with Gasteiger partial charge in [0.25, 0.3) is 11.8 Å². The van der Waals surface area contributed by atoms with Crippen LogP contribution in [0.2, 0.25) is 0 Å². The van der Waals surface area contributed by atoms with Gasteiger partial charge in [-0.2, -0.15) is 4.68 Å². The fraction of sp³-hybridized carbons (Fsp3) is 0.0476. The summed E-state index contributed by atoms with van der Waals surface area (Å²) < 4.78 is 15.4. The topological polar surface area (TPSA) is 115 Å². The van der Waals surface area contributed by atoms with E-state index in [4.69, 9.17) is 0 Å². The summed E-state index contributed by atoms with van der Waals surface area (Å²) in [7, 11) is 0. The molecule has 4 rings (SSSR count). The number of aromatic nitrogens is 5. The lowest BCUT2D eigenvalue weighted by Gasteiger charge is -2.10. The van der Waals surface area contributed by atoms with E-state index in [1.807, 2.05) is 0 Å². The highest BCUT2D eigenvalue weighted by Gasteiger charge is 2.13. The number of rotatable bonds is 5. The number of tetrazole rings is 1. The van der Waals surface area contributed by atoms with Crippen molar-refractivity contribution >= 4 is 23.2 Å². The highest BCUT2D eigenvalue weighted by atomic mass is 19.1. The highest BCUT2D eigenvalue weighted by Crippen LogP contribution is 2.20. The maximum atomic E-state index is 14.2. The summed E-state index contributed by atoms with van der Waals surface area (Å²) in [4.78, 5) is 28.9. The Kier molecular flexibility index (Phi) is 5.43. The van der Waals surface area contributed by atoms with Gasteiger partial charge in [-0.15, -0.1) is 5.10 Å². The molecule has 0 unspecified atom stereocenters. The first kappa shape index (κ1) is 19.8. The van der Waals surface area contributed by atoms with E-state index in [-0.39, 0.29) is 11.6 Å². The van der Waals surface area contributed by atoms with Gasteiger partial charge in [-0.05, 0) is 65.9 Å². The zero-order valence-corrected chi connectivity index (χ0v) is 16.3. The molecule has 31 heavy (non-hydrogen) atoms. The number of halogens is 1. The number of nitrogens with one attached hydrogen (secondary N) is 2. The lowest BCUT2D eigenvalue weighted by Crippen LogP contribution is -2.15. The second-order valence-corrected chi connectivity index (χ2v) is 6.53. The molecule has 154 valence electrons. The smallest absolute Gasteiger partial charge is 0.257 e. The molecule has 2 heterocycles. The second-order valence-electron chi connectivity index (χ2n) is 6.53. The van der Waals surface area contributed by atoms with E-state index >= 15 is 0 Å². The SMILES string of the molecule is Cc1nnnn1-c1cc(NC(=O)c2cccc(NC(=O)c3cccnc3)c2)ccc1F. The van der Waals surface area contributed by atoms with Crippen molar-refractivity contribution in [2.24, 2.45) is 0 Å². The molecule has 0 atom stereocenters. The minimum Gasteiger partial charge on any atom is -0.322 e. The Balaban J connectivity index is 1.51. The lowest BCUT2D eigenvalue weighted by atomic mass is 10.1. The van der Waals surface area contributed by atoms with Gasteiger partial charge in [-0.1, -0.05) is 6.07 Å². The minimum atomic E-state index is -0.534. The minimum absolute atomic E-state index is 0.109. The quantitative estimate of drug-likeness (QED) is 0.516. The van der Waals surface area contributed by atoms with Crippen molar-refractivity contribution in [3.63, 3.8) is 0 Å². The Morgan fingerprint density at radius 1 is 0.935 bits per heavy atom. The van der Waals surface area contributed by atoms with Crippen LogP contribution in [0.25, 0.3) is 5.69 Å². The molecule has 10 heteroatoms. The highest BCUT2D eigenvalue weighted by molar-refractivity contribution is 6.07. The number of hydrogen-bond donors (Lipinski definition) is 2. The number of hydrogen-bond acceptors (Lipinski definition) is 6. The molecule has 2 amide bonds. The molecule has 4 aromatic rings. The Hall–Kier alpha value is -4.47. The zero-order chi connectivity index (χ0) is 21.8. The molecule has 2 aromatic carbocycles. The molecule has 0 radical (unpaired) electrons. The Labute approximate surface area is 175 Å². The van der Waals surface area contributed by atoms with E-state index in [0.717, 1.165) is 0 Å². The monoisotopic (exact) mass is 417 g/mol. The molecule has 2 N–H and O–H groups in total. The third-order valence-electron chi connectivity index (χ3n) is 4.36.